The van der Waals surface area contributed by atoms with Crippen LogP contribution in [0, 0.1) is 6.92 Å². The maximum Gasteiger partial charge on any atom is 0.275 e. The van der Waals surface area contributed by atoms with Crippen LogP contribution in [0.2, 0.25) is 5.02 Å². The number of nitrogens with one attached hydrogen (secondary N) is 1. The molecule has 0 unspecified atom stereocenters. The van der Waals surface area contributed by atoms with Gasteiger partial charge in [0, 0.05) is 23.3 Å². The number of hydrogen-bond acceptors (Lipinski definition) is 6. The molecule has 0 spiro atoms. The number of fused-ring (bicyclic) bond motifs is 1. The lowest BCUT2D eigenvalue weighted by molar-refractivity contribution is 0.313. The van der Waals surface area contributed by atoms with Gasteiger partial charge in [0.15, 0.2) is 0 Å². The van der Waals surface area contributed by atoms with Crippen molar-refractivity contribution in [1.82, 2.24) is 14.6 Å². The van der Waals surface area contributed by atoms with Crippen LogP contribution in [0.15, 0.2) is 29.1 Å². The first-order valence-electron chi connectivity index (χ1n) is 8.09. The van der Waals surface area contributed by atoms with Gasteiger partial charge in [-0.2, -0.15) is 4.52 Å². The lowest BCUT2D eigenvalue weighted by atomic mass is 10.2. The number of benzene rings is 1. The Morgan fingerprint density at radius 3 is 2.96 bits per heavy atom. The molecule has 0 saturated carbocycles. The highest BCUT2D eigenvalue weighted by Gasteiger charge is 2.08. The van der Waals surface area contributed by atoms with Crippen LogP contribution in [0.4, 0.5) is 5.13 Å². The molecule has 132 valence electrons. The fourth-order valence-electron chi connectivity index (χ4n) is 2.33. The van der Waals surface area contributed by atoms with Crippen LogP contribution in [-0.4, -0.2) is 27.7 Å². The molecule has 3 aromatic rings. The molecule has 0 aliphatic carbocycles. The van der Waals surface area contributed by atoms with E-state index in [0.29, 0.717) is 28.3 Å². The highest BCUT2D eigenvalue weighted by atomic mass is 35.5. The monoisotopic (exact) mass is 378 g/mol. The topological polar surface area (TPSA) is 68.5 Å². The smallest absolute Gasteiger partial charge is 0.275 e. The summed E-state index contributed by atoms with van der Waals surface area (Å²) in [6, 6.07) is 7.10. The summed E-state index contributed by atoms with van der Waals surface area (Å²) in [6.45, 7) is 5.22. The Bertz CT molecular complexity index is 938. The largest absolute Gasteiger partial charge is 0.493 e. The molecule has 8 heteroatoms. The van der Waals surface area contributed by atoms with Gasteiger partial charge in [0.2, 0.25) is 10.1 Å². The Labute approximate surface area is 154 Å². The summed E-state index contributed by atoms with van der Waals surface area (Å²) in [5.41, 5.74) is 1.66. The molecule has 0 bridgehead atoms. The predicted octanol–water partition coefficient (Wildman–Crippen LogP) is 3.56. The summed E-state index contributed by atoms with van der Waals surface area (Å²) in [5.74, 6) is 0.840. The molecule has 1 N–H and O–H groups in total. The fourth-order valence-corrected chi connectivity index (χ4v) is 3.41. The SMILES string of the molecule is CCc1cc(=O)n2nc(NCCCOc3ccc(Cl)cc3C)sc2n1. The maximum absolute atomic E-state index is 12.0. The van der Waals surface area contributed by atoms with Crippen LogP contribution < -0.4 is 15.6 Å². The molecular formula is C17H19ClN4O2S. The molecule has 3 rings (SSSR count). The molecular weight excluding hydrogens is 360 g/mol. The van der Waals surface area contributed by atoms with Crippen molar-refractivity contribution in [3.05, 3.63) is 50.9 Å². The number of hydrogen-bond donors (Lipinski definition) is 1. The van der Waals surface area contributed by atoms with E-state index in [-0.39, 0.29) is 5.56 Å². The summed E-state index contributed by atoms with van der Waals surface area (Å²) < 4.78 is 7.09. The van der Waals surface area contributed by atoms with Crippen LogP contribution in [0.25, 0.3) is 4.96 Å². The van der Waals surface area contributed by atoms with Gasteiger partial charge in [-0.1, -0.05) is 29.9 Å². The van der Waals surface area contributed by atoms with Gasteiger partial charge in [0.25, 0.3) is 5.56 Å². The van der Waals surface area contributed by atoms with Crippen molar-refractivity contribution in [2.45, 2.75) is 26.7 Å². The first-order chi connectivity index (χ1) is 12.1. The zero-order chi connectivity index (χ0) is 17.8. The quantitative estimate of drug-likeness (QED) is 0.636. The van der Waals surface area contributed by atoms with Gasteiger partial charge in [-0.25, -0.2) is 4.98 Å². The van der Waals surface area contributed by atoms with Gasteiger partial charge in [-0.05, 0) is 43.5 Å². The summed E-state index contributed by atoms with van der Waals surface area (Å²) in [5, 5.41) is 8.86. The molecule has 0 radical (unpaired) electrons. The number of ether oxygens (including phenoxy) is 1. The third kappa shape index (κ3) is 4.29. The molecule has 1 aromatic carbocycles. The predicted molar refractivity (Wildman–Crippen MR) is 101 cm³/mol. The third-order valence-corrected chi connectivity index (χ3v) is 4.75. The van der Waals surface area contributed by atoms with E-state index in [1.165, 1.54) is 21.9 Å². The zero-order valence-corrected chi connectivity index (χ0v) is 15.7. The minimum atomic E-state index is -0.146. The Hall–Kier alpha value is -2.12. The summed E-state index contributed by atoms with van der Waals surface area (Å²) in [6.07, 6.45) is 1.54. The lowest BCUT2D eigenvalue weighted by Gasteiger charge is -2.09. The van der Waals surface area contributed by atoms with Gasteiger partial charge < -0.3 is 10.1 Å². The number of halogens is 1. The maximum atomic E-state index is 12.0. The molecule has 0 aliphatic heterocycles. The van der Waals surface area contributed by atoms with Crippen LogP contribution in [-0.2, 0) is 6.42 Å². The van der Waals surface area contributed by atoms with Gasteiger partial charge >= 0.3 is 0 Å². The van der Waals surface area contributed by atoms with E-state index < -0.39 is 0 Å². The average Bonchev–Trinajstić information content (AvgIpc) is 2.99. The van der Waals surface area contributed by atoms with Crippen LogP contribution in [0.1, 0.15) is 24.6 Å². The normalized spacial score (nSPS) is 11.0. The van der Waals surface area contributed by atoms with E-state index in [0.717, 1.165) is 29.8 Å². The van der Waals surface area contributed by atoms with Crippen molar-refractivity contribution in [3.8, 4) is 5.75 Å². The highest BCUT2D eigenvalue weighted by Crippen LogP contribution is 2.22. The number of aryl methyl sites for hydroxylation is 2. The molecule has 0 aliphatic rings. The average molecular weight is 379 g/mol. The minimum absolute atomic E-state index is 0.146. The van der Waals surface area contributed by atoms with Crippen molar-refractivity contribution in [3.63, 3.8) is 0 Å². The number of nitrogens with zero attached hydrogens (tertiary/aromatic N) is 3. The second-order valence-electron chi connectivity index (χ2n) is 5.58. The lowest BCUT2D eigenvalue weighted by Crippen LogP contribution is -2.15. The third-order valence-electron chi connectivity index (χ3n) is 3.65. The van der Waals surface area contributed by atoms with Gasteiger partial charge in [0.05, 0.1) is 6.61 Å². The Balaban J connectivity index is 1.53. The van der Waals surface area contributed by atoms with E-state index in [1.807, 2.05) is 32.0 Å². The van der Waals surface area contributed by atoms with E-state index >= 15 is 0 Å². The van der Waals surface area contributed by atoms with Crippen molar-refractivity contribution in [1.29, 1.82) is 0 Å². The first kappa shape index (κ1) is 17.7. The molecule has 0 amide bonds. The van der Waals surface area contributed by atoms with Gasteiger partial charge in [-0.15, -0.1) is 5.10 Å². The van der Waals surface area contributed by atoms with Gasteiger partial charge in [-0.3, -0.25) is 4.79 Å². The molecule has 6 nitrogen and oxygen atoms in total. The number of rotatable bonds is 7. The zero-order valence-electron chi connectivity index (χ0n) is 14.1. The Morgan fingerprint density at radius 2 is 2.20 bits per heavy atom. The Morgan fingerprint density at radius 1 is 1.36 bits per heavy atom. The molecule has 2 aromatic heterocycles. The minimum Gasteiger partial charge on any atom is -0.493 e. The van der Waals surface area contributed by atoms with E-state index in [4.69, 9.17) is 16.3 Å². The van der Waals surface area contributed by atoms with Crippen LogP contribution >= 0.6 is 22.9 Å². The molecule has 25 heavy (non-hydrogen) atoms. The number of aromatic nitrogens is 3. The molecule has 0 atom stereocenters. The van der Waals surface area contributed by atoms with Crippen LogP contribution in [0.5, 0.6) is 5.75 Å². The highest BCUT2D eigenvalue weighted by molar-refractivity contribution is 7.20. The van der Waals surface area contributed by atoms with Crippen molar-refractivity contribution >= 4 is 33.0 Å². The summed E-state index contributed by atoms with van der Waals surface area (Å²) >= 11 is 7.31. The summed E-state index contributed by atoms with van der Waals surface area (Å²) in [4.78, 5) is 17.0. The fraction of sp³-hybridized carbons (Fsp3) is 0.353. The Kier molecular flexibility index (Phi) is 5.55. The standard InChI is InChI=1S/C17H19ClN4O2S/c1-3-13-10-15(23)22-17(20-13)25-16(21-22)19-7-4-8-24-14-6-5-12(18)9-11(14)2/h5-6,9-10H,3-4,7-8H2,1-2H3,(H,19,21). The van der Waals surface area contributed by atoms with Gasteiger partial charge in [0.1, 0.15) is 5.75 Å². The number of anilines is 1. The van der Waals surface area contributed by atoms with Crippen molar-refractivity contribution < 1.29 is 4.74 Å². The van der Waals surface area contributed by atoms with E-state index in [1.54, 1.807) is 0 Å². The molecule has 0 saturated heterocycles. The first-order valence-corrected chi connectivity index (χ1v) is 9.29. The van der Waals surface area contributed by atoms with Crippen LogP contribution in [0.3, 0.4) is 0 Å². The van der Waals surface area contributed by atoms with Crippen molar-refractivity contribution in [2.75, 3.05) is 18.5 Å². The second kappa shape index (κ2) is 7.84. The summed E-state index contributed by atoms with van der Waals surface area (Å²) in [7, 11) is 0. The molecule has 2 heterocycles. The van der Waals surface area contributed by atoms with E-state index in [9.17, 15) is 4.79 Å². The van der Waals surface area contributed by atoms with E-state index in [2.05, 4.69) is 15.4 Å². The second-order valence-corrected chi connectivity index (χ2v) is 6.97. The molecule has 0 fully saturated rings. The van der Waals surface area contributed by atoms with Crippen molar-refractivity contribution in [2.24, 2.45) is 0 Å².